The van der Waals surface area contributed by atoms with Gasteiger partial charge in [0.2, 0.25) is 11.8 Å². The molecule has 2 aromatic rings. The van der Waals surface area contributed by atoms with Gasteiger partial charge >= 0.3 is 0 Å². The van der Waals surface area contributed by atoms with Crippen LogP contribution in [0.4, 0.5) is 10.1 Å². The molecule has 1 atom stereocenters. The summed E-state index contributed by atoms with van der Waals surface area (Å²) in [5, 5.41) is 0.882. The number of carbonyl (C=O) groups excluding carboxylic acids is 4. The van der Waals surface area contributed by atoms with Crippen molar-refractivity contribution < 1.29 is 23.6 Å². The van der Waals surface area contributed by atoms with Crippen molar-refractivity contribution in [2.75, 3.05) is 4.90 Å². The molecule has 1 saturated heterocycles. The Kier molecular flexibility index (Phi) is 6.31. The molecular weight excluding hydrogens is 457 g/mol. The zero-order valence-electron chi connectivity index (χ0n) is 16.3. The summed E-state index contributed by atoms with van der Waals surface area (Å²) >= 11 is 3.27. The van der Waals surface area contributed by atoms with Gasteiger partial charge in [-0.2, -0.15) is 0 Å². The third kappa shape index (κ3) is 4.11. The van der Waals surface area contributed by atoms with E-state index in [4.69, 9.17) is 0 Å². The second-order valence-electron chi connectivity index (χ2n) is 7.02. The van der Waals surface area contributed by atoms with Gasteiger partial charge in [-0.05, 0) is 40.2 Å². The van der Waals surface area contributed by atoms with E-state index in [-0.39, 0.29) is 17.7 Å². The molecule has 0 aromatic heterocycles. The maximum Gasteiger partial charge on any atom is 0.271 e. The number of halogens is 2. The third-order valence-electron chi connectivity index (χ3n) is 4.60. The number of amides is 4. The Morgan fingerprint density at radius 3 is 2.40 bits per heavy atom. The molecule has 0 spiro atoms. The number of rotatable bonds is 4. The van der Waals surface area contributed by atoms with Gasteiger partial charge < -0.3 is 0 Å². The normalized spacial score (nSPS) is 16.2. The van der Waals surface area contributed by atoms with Gasteiger partial charge in [0.05, 0.1) is 17.7 Å². The topological polar surface area (TPSA) is 86.8 Å². The molecule has 30 heavy (non-hydrogen) atoms. The van der Waals surface area contributed by atoms with Gasteiger partial charge in [-0.1, -0.05) is 38.1 Å². The van der Waals surface area contributed by atoms with Crippen molar-refractivity contribution in [1.29, 1.82) is 0 Å². The molecule has 4 amide bonds. The van der Waals surface area contributed by atoms with Crippen molar-refractivity contribution in [1.82, 2.24) is 10.4 Å². The van der Waals surface area contributed by atoms with Crippen molar-refractivity contribution >= 4 is 45.2 Å². The van der Waals surface area contributed by atoms with Gasteiger partial charge in [-0.15, -0.1) is 0 Å². The highest BCUT2D eigenvalue weighted by Gasteiger charge is 2.46. The zero-order chi connectivity index (χ0) is 22.0. The lowest BCUT2D eigenvalue weighted by molar-refractivity contribution is -0.143. The number of hydrogen-bond acceptors (Lipinski definition) is 4. The van der Waals surface area contributed by atoms with E-state index in [0.717, 1.165) is 11.1 Å². The fourth-order valence-electron chi connectivity index (χ4n) is 3.08. The quantitative estimate of drug-likeness (QED) is 0.543. The van der Waals surface area contributed by atoms with Crippen LogP contribution in [0.25, 0.3) is 0 Å². The predicted molar refractivity (Wildman–Crippen MR) is 111 cm³/mol. The molecule has 1 heterocycles. The first-order valence-corrected chi connectivity index (χ1v) is 10.0. The molecule has 9 heteroatoms. The van der Waals surface area contributed by atoms with Gasteiger partial charge in [0.15, 0.2) is 0 Å². The molecule has 1 unspecified atom stereocenters. The third-order valence-corrected chi connectivity index (χ3v) is 5.29. The van der Waals surface area contributed by atoms with E-state index < -0.39 is 41.4 Å². The minimum atomic E-state index is -1.28. The average Bonchev–Trinajstić information content (AvgIpc) is 3.00. The van der Waals surface area contributed by atoms with Crippen molar-refractivity contribution in [3.05, 3.63) is 64.4 Å². The van der Waals surface area contributed by atoms with Crippen LogP contribution < -0.4 is 10.3 Å². The first-order chi connectivity index (χ1) is 14.2. The van der Waals surface area contributed by atoms with Crippen molar-refractivity contribution in [3.8, 4) is 0 Å². The van der Waals surface area contributed by atoms with E-state index in [0.29, 0.717) is 9.37 Å². The summed E-state index contributed by atoms with van der Waals surface area (Å²) in [4.78, 5) is 51.8. The Hall–Kier alpha value is -3.07. The Bertz CT molecular complexity index is 1030. The summed E-state index contributed by atoms with van der Waals surface area (Å²) in [6, 6.07) is 10.7. The minimum absolute atomic E-state index is 0.191. The number of anilines is 1. The first kappa shape index (κ1) is 21.6. The van der Waals surface area contributed by atoms with Crippen molar-refractivity contribution in [2.45, 2.75) is 26.3 Å². The lowest BCUT2D eigenvalue weighted by Crippen LogP contribution is -2.56. The Balaban J connectivity index is 1.93. The SMILES string of the molecule is CC(C)C(=O)N(NC(=O)c1ccccc1Br)C1CC(=O)N(c2ccccc2F)C1=O. The number of imide groups is 1. The fraction of sp³-hybridized carbons (Fsp3) is 0.238. The Morgan fingerprint density at radius 2 is 1.77 bits per heavy atom. The maximum atomic E-state index is 14.2. The number of benzene rings is 2. The van der Waals surface area contributed by atoms with Crippen molar-refractivity contribution in [3.63, 3.8) is 0 Å². The Labute approximate surface area is 180 Å². The molecule has 156 valence electrons. The van der Waals surface area contributed by atoms with Crippen molar-refractivity contribution in [2.24, 2.45) is 5.92 Å². The van der Waals surface area contributed by atoms with Crippen LogP contribution in [0, 0.1) is 11.7 Å². The van der Waals surface area contributed by atoms with E-state index in [9.17, 15) is 23.6 Å². The highest BCUT2D eigenvalue weighted by atomic mass is 79.9. The highest BCUT2D eigenvalue weighted by Crippen LogP contribution is 2.28. The van der Waals surface area contributed by atoms with E-state index in [2.05, 4.69) is 21.4 Å². The standard InChI is InChI=1S/C21H19BrFN3O4/c1-12(2)20(29)26(24-19(28)13-7-3-4-8-14(13)22)17-11-18(27)25(21(17)30)16-10-6-5-9-15(16)23/h3-10,12,17H,11H2,1-2H3,(H,24,28). The molecule has 1 aliphatic heterocycles. The Morgan fingerprint density at radius 1 is 1.13 bits per heavy atom. The summed E-state index contributed by atoms with van der Waals surface area (Å²) in [6.07, 6.45) is -0.373. The predicted octanol–water partition coefficient (Wildman–Crippen LogP) is 3.05. The second kappa shape index (κ2) is 8.74. The number of hydrogen-bond donors (Lipinski definition) is 1. The summed E-state index contributed by atoms with van der Waals surface area (Å²) in [6.45, 7) is 3.21. The molecule has 0 radical (unpaired) electrons. The monoisotopic (exact) mass is 475 g/mol. The van der Waals surface area contributed by atoms with Crippen LogP contribution >= 0.6 is 15.9 Å². The van der Waals surface area contributed by atoms with Crippen LogP contribution in [0.3, 0.4) is 0 Å². The van der Waals surface area contributed by atoms with Crippen LogP contribution in [0.1, 0.15) is 30.6 Å². The summed E-state index contributed by atoms with van der Waals surface area (Å²) in [5.41, 5.74) is 2.52. The zero-order valence-corrected chi connectivity index (χ0v) is 17.8. The van der Waals surface area contributed by atoms with Gasteiger partial charge in [0.1, 0.15) is 11.9 Å². The lowest BCUT2D eigenvalue weighted by Gasteiger charge is -2.29. The molecule has 0 saturated carbocycles. The molecule has 1 fully saturated rings. The van der Waals surface area contributed by atoms with Gasteiger partial charge in [0, 0.05) is 10.4 Å². The molecule has 1 aliphatic rings. The summed E-state index contributed by atoms with van der Waals surface area (Å²) in [5.74, 6) is -3.91. The van der Waals surface area contributed by atoms with Crippen LogP contribution in [0.15, 0.2) is 53.0 Å². The maximum absolute atomic E-state index is 14.2. The van der Waals surface area contributed by atoms with Crippen LogP contribution in [0.2, 0.25) is 0 Å². The average molecular weight is 476 g/mol. The number of nitrogens with one attached hydrogen (secondary N) is 1. The van der Waals surface area contributed by atoms with E-state index in [1.54, 1.807) is 38.1 Å². The number of hydrazine groups is 1. The molecule has 0 aliphatic carbocycles. The largest absolute Gasteiger partial charge is 0.274 e. The van der Waals surface area contributed by atoms with Crippen LogP contribution in [-0.4, -0.2) is 34.7 Å². The minimum Gasteiger partial charge on any atom is -0.274 e. The van der Waals surface area contributed by atoms with Crippen LogP contribution in [0.5, 0.6) is 0 Å². The van der Waals surface area contributed by atoms with Crippen LogP contribution in [-0.2, 0) is 14.4 Å². The van der Waals surface area contributed by atoms with E-state index in [1.165, 1.54) is 18.2 Å². The fourth-order valence-corrected chi connectivity index (χ4v) is 3.55. The molecule has 3 rings (SSSR count). The lowest BCUT2D eigenvalue weighted by atomic mass is 10.1. The second-order valence-corrected chi connectivity index (χ2v) is 7.88. The summed E-state index contributed by atoms with van der Waals surface area (Å²) < 4.78 is 14.7. The molecule has 1 N–H and O–H groups in total. The van der Waals surface area contributed by atoms with E-state index in [1.807, 2.05) is 0 Å². The van der Waals surface area contributed by atoms with Gasteiger partial charge in [-0.3, -0.25) is 24.6 Å². The first-order valence-electron chi connectivity index (χ1n) is 9.22. The highest BCUT2D eigenvalue weighted by molar-refractivity contribution is 9.10. The molecule has 0 bridgehead atoms. The number of carbonyl (C=O) groups is 4. The molecule has 7 nitrogen and oxygen atoms in total. The molecular formula is C21H19BrFN3O4. The van der Waals surface area contributed by atoms with Gasteiger partial charge in [0.25, 0.3) is 11.8 Å². The smallest absolute Gasteiger partial charge is 0.271 e. The number of nitrogens with zero attached hydrogens (tertiary/aromatic N) is 2. The molecule has 2 aromatic carbocycles. The van der Waals surface area contributed by atoms with E-state index >= 15 is 0 Å². The summed E-state index contributed by atoms with van der Waals surface area (Å²) in [7, 11) is 0. The van der Waals surface area contributed by atoms with Gasteiger partial charge in [-0.25, -0.2) is 14.3 Å². The number of para-hydroxylation sites is 1.